The standard InChI is InChI=1S/C17H20N2O2/c20-14-7-5-12(6-8-14)11-19-17(21)16-15-4-2-1-3-13(15)9-10-18-16/h1-4,9-10,12,14,20H,5-8,11H2,(H,19,21). The van der Waals surface area contributed by atoms with Gasteiger partial charge in [-0.3, -0.25) is 9.78 Å². The molecule has 21 heavy (non-hydrogen) atoms. The first-order valence-corrected chi connectivity index (χ1v) is 7.54. The highest BCUT2D eigenvalue weighted by Gasteiger charge is 2.20. The Morgan fingerprint density at radius 1 is 1.19 bits per heavy atom. The summed E-state index contributed by atoms with van der Waals surface area (Å²) in [4.78, 5) is 16.6. The van der Waals surface area contributed by atoms with E-state index in [-0.39, 0.29) is 12.0 Å². The third-order valence-corrected chi connectivity index (χ3v) is 4.26. The number of nitrogens with one attached hydrogen (secondary N) is 1. The smallest absolute Gasteiger partial charge is 0.270 e. The van der Waals surface area contributed by atoms with Crippen LogP contribution in [0, 0.1) is 5.92 Å². The highest BCUT2D eigenvalue weighted by Crippen LogP contribution is 2.23. The van der Waals surface area contributed by atoms with Gasteiger partial charge in [-0.05, 0) is 43.1 Å². The van der Waals surface area contributed by atoms with Crippen molar-refractivity contribution in [1.29, 1.82) is 0 Å². The van der Waals surface area contributed by atoms with Crippen molar-refractivity contribution in [2.75, 3.05) is 6.54 Å². The Bertz CT molecular complexity index is 628. The molecule has 2 aromatic rings. The second kappa shape index (κ2) is 6.22. The van der Waals surface area contributed by atoms with Gasteiger partial charge in [-0.2, -0.15) is 0 Å². The van der Waals surface area contributed by atoms with Crippen LogP contribution in [0.5, 0.6) is 0 Å². The van der Waals surface area contributed by atoms with E-state index in [1.165, 1.54) is 0 Å². The van der Waals surface area contributed by atoms with Crippen LogP contribution in [-0.4, -0.2) is 28.6 Å². The zero-order chi connectivity index (χ0) is 14.7. The normalized spacial score (nSPS) is 22.1. The number of rotatable bonds is 3. The van der Waals surface area contributed by atoms with Gasteiger partial charge in [0.15, 0.2) is 0 Å². The minimum atomic E-state index is -0.156. The molecule has 1 aliphatic rings. The Morgan fingerprint density at radius 2 is 1.95 bits per heavy atom. The fourth-order valence-electron chi connectivity index (χ4n) is 2.97. The first-order valence-electron chi connectivity index (χ1n) is 7.54. The fraction of sp³-hybridized carbons (Fsp3) is 0.412. The number of amides is 1. The molecule has 0 atom stereocenters. The van der Waals surface area contributed by atoms with Gasteiger partial charge in [0, 0.05) is 18.1 Å². The van der Waals surface area contributed by atoms with Gasteiger partial charge in [0.2, 0.25) is 0 Å². The molecule has 1 heterocycles. The van der Waals surface area contributed by atoms with E-state index in [0.29, 0.717) is 18.2 Å². The molecule has 4 nitrogen and oxygen atoms in total. The minimum absolute atomic E-state index is 0.113. The Kier molecular flexibility index (Phi) is 4.15. The SMILES string of the molecule is O=C(NCC1CCC(O)CC1)c1nccc2ccccc12. The number of hydrogen-bond acceptors (Lipinski definition) is 3. The van der Waals surface area contributed by atoms with E-state index in [1.807, 2.05) is 30.3 Å². The molecule has 0 bridgehead atoms. The van der Waals surface area contributed by atoms with Crippen LogP contribution in [0.25, 0.3) is 10.8 Å². The van der Waals surface area contributed by atoms with E-state index >= 15 is 0 Å². The highest BCUT2D eigenvalue weighted by atomic mass is 16.3. The van der Waals surface area contributed by atoms with Gasteiger partial charge in [-0.25, -0.2) is 0 Å². The molecule has 0 saturated heterocycles. The van der Waals surface area contributed by atoms with Crippen LogP contribution in [-0.2, 0) is 0 Å². The molecule has 1 aromatic carbocycles. The fourth-order valence-corrected chi connectivity index (χ4v) is 2.97. The summed E-state index contributed by atoms with van der Waals surface area (Å²) in [5.41, 5.74) is 0.490. The van der Waals surface area contributed by atoms with Gasteiger partial charge in [-0.15, -0.1) is 0 Å². The lowest BCUT2D eigenvalue weighted by molar-refractivity contribution is 0.0907. The number of carbonyl (C=O) groups is 1. The maximum absolute atomic E-state index is 12.3. The van der Waals surface area contributed by atoms with E-state index < -0.39 is 0 Å². The van der Waals surface area contributed by atoms with Crippen molar-refractivity contribution in [1.82, 2.24) is 10.3 Å². The molecule has 1 amide bonds. The van der Waals surface area contributed by atoms with Gasteiger partial charge in [0.25, 0.3) is 5.91 Å². The molecule has 1 fully saturated rings. The Morgan fingerprint density at radius 3 is 2.76 bits per heavy atom. The lowest BCUT2D eigenvalue weighted by Crippen LogP contribution is -2.32. The van der Waals surface area contributed by atoms with Gasteiger partial charge >= 0.3 is 0 Å². The van der Waals surface area contributed by atoms with Crippen LogP contribution in [0.15, 0.2) is 36.5 Å². The van der Waals surface area contributed by atoms with Crippen LogP contribution in [0.4, 0.5) is 0 Å². The molecule has 0 radical (unpaired) electrons. The van der Waals surface area contributed by atoms with Gasteiger partial charge < -0.3 is 10.4 Å². The predicted octanol–water partition coefficient (Wildman–Crippen LogP) is 2.52. The predicted molar refractivity (Wildman–Crippen MR) is 82.0 cm³/mol. The van der Waals surface area contributed by atoms with Crippen LogP contribution in [0.2, 0.25) is 0 Å². The lowest BCUT2D eigenvalue weighted by Gasteiger charge is -2.25. The molecule has 0 spiro atoms. The van der Waals surface area contributed by atoms with Crippen LogP contribution < -0.4 is 5.32 Å². The summed E-state index contributed by atoms with van der Waals surface area (Å²) in [6.07, 6.45) is 5.15. The molecule has 1 aliphatic carbocycles. The summed E-state index contributed by atoms with van der Waals surface area (Å²) in [5, 5.41) is 14.4. The van der Waals surface area contributed by atoms with Gasteiger partial charge in [0.1, 0.15) is 5.69 Å². The number of aliphatic hydroxyl groups is 1. The summed E-state index contributed by atoms with van der Waals surface area (Å²) >= 11 is 0. The number of aliphatic hydroxyl groups excluding tert-OH is 1. The molecule has 0 unspecified atom stereocenters. The van der Waals surface area contributed by atoms with E-state index in [0.717, 1.165) is 36.5 Å². The van der Waals surface area contributed by atoms with Crippen molar-refractivity contribution in [2.24, 2.45) is 5.92 Å². The summed E-state index contributed by atoms with van der Waals surface area (Å²) in [7, 11) is 0. The average Bonchev–Trinajstić information content (AvgIpc) is 2.53. The monoisotopic (exact) mass is 284 g/mol. The van der Waals surface area contributed by atoms with Crippen molar-refractivity contribution in [2.45, 2.75) is 31.8 Å². The topological polar surface area (TPSA) is 62.2 Å². The third kappa shape index (κ3) is 3.22. The average molecular weight is 284 g/mol. The molecule has 0 aliphatic heterocycles. The number of carbonyl (C=O) groups excluding carboxylic acids is 1. The quantitative estimate of drug-likeness (QED) is 0.910. The van der Waals surface area contributed by atoms with Crippen LogP contribution >= 0.6 is 0 Å². The Balaban J connectivity index is 1.67. The van der Waals surface area contributed by atoms with Crippen molar-refractivity contribution in [3.8, 4) is 0 Å². The number of pyridine rings is 1. The van der Waals surface area contributed by atoms with E-state index in [4.69, 9.17) is 0 Å². The van der Waals surface area contributed by atoms with Crippen molar-refractivity contribution < 1.29 is 9.90 Å². The molecule has 4 heteroatoms. The second-order valence-corrected chi connectivity index (χ2v) is 5.77. The molecule has 1 aromatic heterocycles. The van der Waals surface area contributed by atoms with E-state index in [1.54, 1.807) is 6.20 Å². The van der Waals surface area contributed by atoms with Crippen LogP contribution in [0.1, 0.15) is 36.2 Å². The summed E-state index contributed by atoms with van der Waals surface area (Å²) in [6.45, 7) is 0.663. The summed E-state index contributed by atoms with van der Waals surface area (Å²) < 4.78 is 0. The third-order valence-electron chi connectivity index (χ3n) is 4.26. The Labute approximate surface area is 124 Å². The van der Waals surface area contributed by atoms with E-state index in [2.05, 4.69) is 10.3 Å². The number of aromatic nitrogens is 1. The van der Waals surface area contributed by atoms with E-state index in [9.17, 15) is 9.90 Å². The largest absolute Gasteiger partial charge is 0.393 e. The van der Waals surface area contributed by atoms with Gasteiger partial charge in [0.05, 0.1) is 6.10 Å². The zero-order valence-electron chi connectivity index (χ0n) is 12.0. The summed E-state index contributed by atoms with van der Waals surface area (Å²) in [5.74, 6) is 0.352. The van der Waals surface area contributed by atoms with Crippen molar-refractivity contribution >= 4 is 16.7 Å². The Hall–Kier alpha value is -1.94. The maximum Gasteiger partial charge on any atom is 0.270 e. The number of hydrogen-bond donors (Lipinski definition) is 2. The lowest BCUT2D eigenvalue weighted by atomic mass is 9.87. The number of benzene rings is 1. The van der Waals surface area contributed by atoms with Crippen LogP contribution in [0.3, 0.4) is 0 Å². The highest BCUT2D eigenvalue weighted by molar-refractivity contribution is 6.05. The second-order valence-electron chi connectivity index (χ2n) is 5.77. The number of nitrogens with zero attached hydrogens (tertiary/aromatic N) is 1. The molecular weight excluding hydrogens is 264 g/mol. The zero-order valence-corrected chi connectivity index (χ0v) is 12.0. The first-order chi connectivity index (χ1) is 10.2. The molecule has 1 saturated carbocycles. The molecule has 110 valence electrons. The first kappa shape index (κ1) is 14.0. The molecular formula is C17H20N2O2. The molecule has 2 N–H and O–H groups in total. The van der Waals surface area contributed by atoms with Gasteiger partial charge in [-0.1, -0.05) is 24.3 Å². The molecule has 3 rings (SSSR count). The number of fused-ring (bicyclic) bond motifs is 1. The summed E-state index contributed by atoms with van der Waals surface area (Å²) in [6, 6.07) is 9.69. The van der Waals surface area contributed by atoms with Crippen molar-refractivity contribution in [3.05, 3.63) is 42.2 Å². The van der Waals surface area contributed by atoms with Crippen molar-refractivity contribution in [3.63, 3.8) is 0 Å². The maximum atomic E-state index is 12.3. The minimum Gasteiger partial charge on any atom is -0.393 e.